The van der Waals surface area contributed by atoms with Crippen LogP contribution >= 0.6 is 11.6 Å². The van der Waals surface area contributed by atoms with Gasteiger partial charge in [-0.05, 0) is 44.0 Å². The third kappa shape index (κ3) is 2.93. The second-order valence-corrected chi connectivity index (χ2v) is 5.73. The van der Waals surface area contributed by atoms with Crippen molar-refractivity contribution < 1.29 is 4.79 Å². The van der Waals surface area contributed by atoms with Gasteiger partial charge in [0.15, 0.2) is 0 Å². The maximum atomic E-state index is 12.6. The van der Waals surface area contributed by atoms with Crippen LogP contribution in [0.3, 0.4) is 0 Å². The van der Waals surface area contributed by atoms with Crippen LogP contribution in [0.5, 0.6) is 0 Å². The van der Waals surface area contributed by atoms with Gasteiger partial charge in [-0.25, -0.2) is 0 Å². The van der Waals surface area contributed by atoms with E-state index in [2.05, 4.69) is 17.6 Å². The number of carbonyl (C=O) groups excluding carboxylic acids is 1. The molecule has 0 bridgehead atoms. The molecule has 104 valence electrons. The largest absolute Gasteiger partial charge is 0.325 e. The molecule has 1 aromatic rings. The van der Waals surface area contributed by atoms with Gasteiger partial charge in [-0.2, -0.15) is 0 Å². The molecule has 0 spiro atoms. The molecule has 2 N–H and O–H groups in total. The van der Waals surface area contributed by atoms with E-state index in [0.717, 1.165) is 43.6 Å². The quantitative estimate of drug-likeness (QED) is 0.888. The SMILES string of the molecule is CCCC1(C(=O)Nc2cccc(Cl)c2C)CCNC1. The Morgan fingerprint density at radius 3 is 2.95 bits per heavy atom. The fourth-order valence-electron chi connectivity index (χ4n) is 2.74. The van der Waals surface area contributed by atoms with Crippen LogP contribution in [0.4, 0.5) is 5.69 Å². The molecular formula is C15H21ClN2O. The predicted octanol–water partition coefficient (Wildman–Crippen LogP) is 3.37. The zero-order valence-electron chi connectivity index (χ0n) is 11.6. The Hall–Kier alpha value is -1.06. The maximum absolute atomic E-state index is 12.6. The van der Waals surface area contributed by atoms with Crippen molar-refractivity contribution in [3.8, 4) is 0 Å². The Morgan fingerprint density at radius 2 is 2.32 bits per heavy atom. The molecule has 3 nitrogen and oxygen atoms in total. The third-order valence-electron chi connectivity index (χ3n) is 3.97. The molecule has 0 saturated carbocycles. The highest BCUT2D eigenvalue weighted by molar-refractivity contribution is 6.31. The first kappa shape index (κ1) is 14.4. The molecule has 1 amide bonds. The smallest absolute Gasteiger partial charge is 0.231 e. The Morgan fingerprint density at radius 1 is 1.53 bits per heavy atom. The van der Waals surface area contributed by atoms with Crippen LogP contribution in [0.25, 0.3) is 0 Å². The van der Waals surface area contributed by atoms with E-state index >= 15 is 0 Å². The molecule has 1 aromatic carbocycles. The summed E-state index contributed by atoms with van der Waals surface area (Å²) in [5.74, 6) is 0.115. The third-order valence-corrected chi connectivity index (χ3v) is 4.38. The summed E-state index contributed by atoms with van der Waals surface area (Å²) in [5, 5.41) is 7.05. The molecule has 0 radical (unpaired) electrons. The lowest BCUT2D eigenvalue weighted by atomic mass is 9.81. The number of rotatable bonds is 4. The minimum Gasteiger partial charge on any atom is -0.325 e. The van der Waals surface area contributed by atoms with Gasteiger partial charge in [0.1, 0.15) is 0 Å². The lowest BCUT2D eigenvalue weighted by Crippen LogP contribution is -2.38. The molecular weight excluding hydrogens is 260 g/mol. The lowest BCUT2D eigenvalue weighted by molar-refractivity contribution is -0.125. The summed E-state index contributed by atoms with van der Waals surface area (Å²) in [6.07, 6.45) is 2.85. The Balaban J connectivity index is 2.17. The molecule has 1 fully saturated rings. The van der Waals surface area contributed by atoms with Gasteiger partial charge in [0.25, 0.3) is 0 Å². The predicted molar refractivity (Wildman–Crippen MR) is 79.6 cm³/mol. The summed E-state index contributed by atoms with van der Waals surface area (Å²) in [6.45, 7) is 5.74. The molecule has 1 atom stereocenters. The van der Waals surface area contributed by atoms with E-state index in [4.69, 9.17) is 11.6 Å². The van der Waals surface area contributed by atoms with Gasteiger partial charge in [-0.15, -0.1) is 0 Å². The zero-order valence-corrected chi connectivity index (χ0v) is 12.3. The molecule has 1 aliphatic heterocycles. The zero-order chi connectivity index (χ0) is 13.9. The highest BCUT2D eigenvalue weighted by Gasteiger charge is 2.40. The minimum atomic E-state index is -0.260. The van der Waals surface area contributed by atoms with E-state index in [-0.39, 0.29) is 11.3 Å². The average molecular weight is 281 g/mol. The van der Waals surface area contributed by atoms with Gasteiger partial charge in [-0.1, -0.05) is 31.0 Å². The normalized spacial score (nSPS) is 22.5. The van der Waals surface area contributed by atoms with Crippen LogP contribution < -0.4 is 10.6 Å². The highest BCUT2D eigenvalue weighted by Crippen LogP contribution is 2.33. The van der Waals surface area contributed by atoms with Crippen molar-refractivity contribution in [1.29, 1.82) is 0 Å². The van der Waals surface area contributed by atoms with E-state index in [1.165, 1.54) is 0 Å². The summed E-state index contributed by atoms with van der Waals surface area (Å²) in [4.78, 5) is 12.6. The van der Waals surface area contributed by atoms with Crippen molar-refractivity contribution in [1.82, 2.24) is 5.32 Å². The summed E-state index contributed by atoms with van der Waals surface area (Å²) < 4.78 is 0. The number of carbonyl (C=O) groups is 1. The molecule has 19 heavy (non-hydrogen) atoms. The molecule has 0 aromatic heterocycles. The van der Waals surface area contributed by atoms with E-state index in [1.807, 2.05) is 25.1 Å². The standard InChI is InChI=1S/C15H21ClN2O/c1-3-7-15(8-9-17-10-15)14(19)18-13-6-4-5-12(16)11(13)2/h4-6,17H,3,7-10H2,1-2H3,(H,18,19). The first-order chi connectivity index (χ1) is 9.09. The molecule has 2 rings (SSSR count). The summed E-state index contributed by atoms with van der Waals surface area (Å²) >= 11 is 6.09. The van der Waals surface area contributed by atoms with Crippen LogP contribution in [0.15, 0.2) is 18.2 Å². The number of hydrogen-bond acceptors (Lipinski definition) is 2. The Labute approximate surface area is 119 Å². The second-order valence-electron chi connectivity index (χ2n) is 5.32. The van der Waals surface area contributed by atoms with Gasteiger partial charge in [0, 0.05) is 17.3 Å². The monoisotopic (exact) mass is 280 g/mol. The van der Waals surface area contributed by atoms with E-state index in [1.54, 1.807) is 0 Å². The molecule has 0 aliphatic carbocycles. The van der Waals surface area contributed by atoms with E-state index in [9.17, 15) is 4.79 Å². The van der Waals surface area contributed by atoms with Crippen LogP contribution in [0, 0.1) is 12.3 Å². The van der Waals surface area contributed by atoms with Crippen molar-refractivity contribution in [2.24, 2.45) is 5.41 Å². The highest BCUT2D eigenvalue weighted by atomic mass is 35.5. The van der Waals surface area contributed by atoms with Crippen LogP contribution in [-0.4, -0.2) is 19.0 Å². The molecule has 4 heteroatoms. The number of benzene rings is 1. The van der Waals surface area contributed by atoms with Crippen molar-refractivity contribution in [3.63, 3.8) is 0 Å². The van der Waals surface area contributed by atoms with Gasteiger partial charge >= 0.3 is 0 Å². The summed E-state index contributed by atoms with van der Waals surface area (Å²) in [7, 11) is 0. The molecule has 1 aliphatic rings. The fraction of sp³-hybridized carbons (Fsp3) is 0.533. The van der Waals surface area contributed by atoms with Gasteiger partial charge in [-0.3, -0.25) is 4.79 Å². The number of anilines is 1. The topological polar surface area (TPSA) is 41.1 Å². The number of amides is 1. The second kappa shape index (κ2) is 5.93. The van der Waals surface area contributed by atoms with Gasteiger partial charge in [0.2, 0.25) is 5.91 Å². The first-order valence-corrected chi connectivity index (χ1v) is 7.24. The van der Waals surface area contributed by atoms with Crippen molar-refractivity contribution in [2.45, 2.75) is 33.1 Å². The fourth-order valence-corrected chi connectivity index (χ4v) is 2.92. The first-order valence-electron chi connectivity index (χ1n) is 6.86. The van der Waals surface area contributed by atoms with Crippen molar-refractivity contribution >= 4 is 23.2 Å². The average Bonchev–Trinajstić information content (AvgIpc) is 2.85. The van der Waals surface area contributed by atoms with Crippen molar-refractivity contribution in [2.75, 3.05) is 18.4 Å². The summed E-state index contributed by atoms with van der Waals surface area (Å²) in [5.41, 5.74) is 1.48. The maximum Gasteiger partial charge on any atom is 0.231 e. The van der Waals surface area contributed by atoms with Crippen molar-refractivity contribution in [3.05, 3.63) is 28.8 Å². The number of hydrogen-bond donors (Lipinski definition) is 2. The number of halogens is 1. The Kier molecular flexibility index (Phi) is 4.48. The molecule has 1 saturated heterocycles. The van der Waals surface area contributed by atoms with Gasteiger partial charge in [0.05, 0.1) is 5.41 Å². The number of nitrogens with one attached hydrogen (secondary N) is 2. The minimum absolute atomic E-state index is 0.115. The lowest BCUT2D eigenvalue weighted by Gasteiger charge is -2.27. The van der Waals surface area contributed by atoms with E-state index in [0.29, 0.717) is 5.02 Å². The van der Waals surface area contributed by atoms with Gasteiger partial charge < -0.3 is 10.6 Å². The molecule has 1 heterocycles. The van der Waals surface area contributed by atoms with Crippen LogP contribution in [0.2, 0.25) is 5.02 Å². The van der Waals surface area contributed by atoms with Crippen LogP contribution in [-0.2, 0) is 4.79 Å². The Bertz CT molecular complexity index is 467. The van der Waals surface area contributed by atoms with Crippen LogP contribution in [0.1, 0.15) is 31.7 Å². The summed E-state index contributed by atoms with van der Waals surface area (Å²) in [6, 6.07) is 5.61. The van der Waals surface area contributed by atoms with E-state index < -0.39 is 0 Å². The molecule has 1 unspecified atom stereocenters.